The van der Waals surface area contributed by atoms with Gasteiger partial charge in [-0.05, 0) is 38.0 Å². The average Bonchev–Trinajstić information content (AvgIpc) is 2.69. The first kappa shape index (κ1) is 12.6. The molecule has 0 radical (unpaired) electrons. The summed E-state index contributed by atoms with van der Waals surface area (Å²) in [5, 5.41) is 7.37. The lowest BCUT2D eigenvalue weighted by Crippen LogP contribution is -2.01. The second-order valence-electron chi connectivity index (χ2n) is 4.54. The van der Waals surface area contributed by atoms with Gasteiger partial charge in [0.1, 0.15) is 11.4 Å². The lowest BCUT2D eigenvalue weighted by molar-refractivity contribution is 0.415. The summed E-state index contributed by atoms with van der Waals surface area (Å²) in [6.07, 6.45) is 0. The van der Waals surface area contributed by atoms with E-state index in [1.165, 1.54) is 5.56 Å². The molecule has 18 heavy (non-hydrogen) atoms. The third-order valence-electron chi connectivity index (χ3n) is 3.18. The minimum absolute atomic E-state index is 0.466. The standard InChI is InChI=1S/C14H19N3O/c1-8-5-9(2)13(12(6-8)18-4)14-11(7-15)10(3)16-17-14/h5-6H,7,15H2,1-4H3,(H,16,17). The molecule has 1 aromatic carbocycles. The molecule has 0 aliphatic heterocycles. The monoisotopic (exact) mass is 245 g/mol. The van der Waals surface area contributed by atoms with E-state index in [4.69, 9.17) is 10.5 Å². The Morgan fingerprint density at radius 1 is 1.28 bits per heavy atom. The summed E-state index contributed by atoms with van der Waals surface area (Å²) in [4.78, 5) is 0. The van der Waals surface area contributed by atoms with Crippen molar-refractivity contribution in [2.75, 3.05) is 7.11 Å². The smallest absolute Gasteiger partial charge is 0.128 e. The zero-order valence-electron chi connectivity index (χ0n) is 11.3. The van der Waals surface area contributed by atoms with Crippen LogP contribution in [0, 0.1) is 20.8 Å². The molecule has 96 valence electrons. The average molecular weight is 245 g/mol. The minimum atomic E-state index is 0.466. The summed E-state index contributed by atoms with van der Waals surface area (Å²) in [7, 11) is 1.68. The highest BCUT2D eigenvalue weighted by Crippen LogP contribution is 2.35. The van der Waals surface area contributed by atoms with Gasteiger partial charge >= 0.3 is 0 Å². The summed E-state index contributed by atoms with van der Waals surface area (Å²) in [6.45, 7) is 6.57. The predicted molar refractivity (Wildman–Crippen MR) is 72.7 cm³/mol. The van der Waals surface area contributed by atoms with Crippen LogP contribution in [-0.4, -0.2) is 17.3 Å². The van der Waals surface area contributed by atoms with E-state index in [0.29, 0.717) is 6.54 Å². The Bertz CT molecular complexity index is 573. The van der Waals surface area contributed by atoms with Crippen molar-refractivity contribution in [3.63, 3.8) is 0 Å². The number of nitrogens with two attached hydrogens (primary N) is 1. The number of rotatable bonds is 3. The number of benzene rings is 1. The van der Waals surface area contributed by atoms with Gasteiger partial charge < -0.3 is 10.5 Å². The Kier molecular flexibility index (Phi) is 3.39. The second kappa shape index (κ2) is 4.82. The van der Waals surface area contributed by atoms with Crippen molar-refractivity contribution in [1.82, 2.24) is 10.2 Å². The molecule has 0 unspecified atom stereocenters. The molecule has 0 bridgehead atoms. The van der Waals surface area contributed by atoms with Gasteiger partial charge in [0.2, 0.25) is 0 Å². The van der Waals surface area contributed by atoms with E-state index in [2.05, 4.69) is 30.1 Å². The normalized spacial score (nSPS) is 10.7. The summed E-state index contributed by atoms with van der Waals surface area (Å²) in [6, 6.07) is 4.15. The van der Waals surface area contributed by atoms with Crippen molar-refractivity contribution in [3.05, 3.63) is 34.5 Å². The minimum Gasteiger partial charge on any atom is -0.496 e. The summed E-state index contributed by atoms with van der Waals surface area (Å²) in [5.41, 5.74) is 12.1. The Morgan fingerprint density at radius 3 is 2.61 bits per heavy atom. The van der Waals surface area contributed by atoms with E-state index in [9.17, 15) is 0 Å². The Balaban J connectivity index is 2.70. The maximum atomic E-state index is 5.80. The molecule has 1 heterocycles. The van der Waals surface area contributed by atoms with Crippen LogP contribution in [0.5, 0.6) is 5.75 Å². The van der Waals surface area contributed by atoms with Crippen LogP contribution in [0.1, 0.15) is 22.4 Å². The SMILES string of the molecule is COc1cc(C)cc(C)c1-c1n[nH]c(C)c1CN. The molecule has 0 saturated heterocycles. The van der Waals surface area contributed by atoms with Gasteiger partial charge in [0.05, 0.1) is 7.11 Å². The molecule has 3 N–H and O–H groups in total. The predicted octanol–water partition coefficient (Wildman–Crippen LogP) is 2.47. The molecule has 0 spiro atoms. The molecule has 0 aliphatic carbocycles. The van der Waals surface area contributed by atoms with Gasteiger partial charge in [-0.3, -0.25) is 5.10 Å². The van der Waals surface area contributed by atoms with Gasteiger partial charge in [0.15, 0.2) is 0 Å². The van der Waals surface area contributed by atoms with Crippen LogP contribution in [-0.2, 0) is 6.54 Å². The summed E-state index contributed by atoms with van der Waals surface area (Å²) in [5.74, 6) is 0.841. The number of aromatic nitrogens is 2. The maximum absolute atomic E-state index is 5.80. The Labute approximate surface area is 107 Å². The first-order valence-corrected chi connectivity index (χ1v) is 5.98. The van der Waals surface area contributed by atoms with Gasteiger partial charge in [-0.25, -0.2) is 0 Å². The largest absolute Gasteiger partial charge is 0.496 e. The number of H-pyrrole nitrogens is 1. The molecule has 0 atom stereocenters. The van der Waals surface area contributed by atoms with Crippen molar-refractivity contribution in [3.8, 4) is 17.0 Å². The maximum Gasteiger partial charge on any atom is 0.128 e. The van der Waals surface area contributed by atoms with Crippen LogP contribution in [0.15, 0.2) is 12.1 Å². The lowest BCUT2D eigenvalue weighted by atomic mass is 9.98. The highest BCUT2D eigenvalue weighted by molar-refractivity contribution is 5.74. The molecule has 0 saturated carbocycles. The quantitative estimate of drug-likeness (QED) is 0.873. The number of aryl methyl sites for hydroxylation is 3. The number of aromatic amines is 1. The lowest BCUT2D eigenvalue weighted by Gasteiger charge is -2.12. The van der Waals surface area contributed by atoms with E-state index in [1.54, 1.807) is 7.11 Å². The van der Waals surface area contributed by atoms with E-state index in [-0.39, 0.29) is 0 Å². The zero-order chi connectivity index (χ0) is 13.3. The summed E-state index contributed by atoms with van der Waals surface area (Å²) >= 11 is 0. The fourth-order valence-corrected chi connectivity index (χ4v) is 2.30. The van der Waals surface area contributed by atoms with Crippen molar-refractivity contribution in [2.24, 2.45) is 5.73 Å². The fourth-order valence-electron chi connectivity index (χ4n) is 2.30. The van der Waals surface area contributed by atoms with Gasteiger partial charge in [-0.1, -0.05) is 6.07 Å². The first-order valence-electron chi connectivity index (χ1n) is 5.98. The number of hydrogen-bond donors (Lipinski definition) is 2. The van der Waals surface area contributed by atoms with Crippen LogP contribution in [0.2, 0.25) is 0 Å². The van der Waals surface area contributed by atoms with Gasteiger partial charge in [0, 0.05) is 23.4 Å². The number of nitrogens with one attached hydrogen (secondary N) is 1. The molecule has 0 amide bonds. The number of hydrogen-bond acceptors (Lipinski definition) is 3. The number of methoxy groups -OCH3 is 1. The molecule has 1 aromatic heterocycles. The van der Waals surface area contributed by atoms with E-state index < -0.39 is 0 Å². The molecule has 4 heteroatoms. The fraction of sp³-hybridized carbons (Fsp3) is 0.357. The van der Waals surface area contributed by atoms with E-state index >= 15 is 0 Å². The van der Waals surface area contributed by atoms with Crippen molar-refractivity contribution in [1.29, 1.82) is 0 Å². The van der Waals surface area contributed by atoms with Crippen LogP contribution in [0.4, 0.5) is 0 Å². The topological polar surface area (TPSA) is 63.9 Å². The molecular formula is C14H19N3O. The van der Waals surface area contributed by atoms with Gasteiger partial charge in [-0.15, -0.1) is 0 Å². The van der Waals surface area contributed by atoms with Crippen molar-refractivity contribution >= 4 is 0 Å². The van der Waals surface area contributed by atoms with E-state index in [0.717, 1.165) is 33.8 Å². The van der Waals surface area contributed by atoms with Crippen LogP contribution < -0.4 is 10.5 Å². The first-order chi connectivity index (χ1) is 8.58. The molecule has 0 fully saturated rings. The Morgan fingerprint density at radius 2 is 2.00 bits per heavy atom. The molecule has 2 rings (SSSR count). The van der Waals surface area contributed by atoms with Crippen molar-refractivity contribution < 1.29 is 4.74 Å². The third-order valence-corrected chi connectivity index (χ3v) is 3.18. The van der Waals surface area contributed by atoms with E-state index in [1.807, 2.05) is 13.0 Å². The molecule has 4 nitrogen and oxygen atoms in total. The van der Waals surface area contributed by atoms with Gasteiger partial charge in [0.25, 0.3) is 0 Å². The molecule has 0 aliphatic rings. The number of ether oxygens (including phenoxy) is 1. The second-order valence-corrected chi connectivity index (χ2v) is 4.54. The van der Waals surface area contributed by atoms with Crippen LogP contribution in [0.25, 0.3) is 11.3 Å². The number of nitrogens with zero attached hydrogens (tertiary/aromatic N) is 1. The van der Waals surface area contributed by atoms with Crippen molar-refractivity contribution in [2.45, 2.75) is 27.3 Å². The van der Waals surface area contributed by atoms with Crippen LogP contribution in [0.3, 0.4) is 0 Å². The molecular weight excluding hydrogens is 226 g/mol. The molecule has 2 aromatic rings. The highest BCUT2D eigenvalue weighted by atomic mass is 16.5. The Hall–Kier alpha value is -1.81. The van der Waals surface area contributed by atoms with Gasteiger partial charge in [-0.2, -0.15) is 5.10 Å². The third kappa shape index (κ3) is 1.99. The highest BCUT2D eigenvalue weighted by Gasteiger charge is 2.17. The summed E-state index contributed by atoms with van der Waals surface area (Å²) < 4.78 is 5.48. The van der Waals surface area contributed by atoms with Crippen LogP contribution >= 0.6 is 0 Å². The zero-order valence-corrected chi connectivity index (χ0v) is 11.3.